The Morgan fingerprint density at radius 1 is 1.37 bits per heavy atom. The van der Waals surface area contributed by atoms with E-state index in [1.54, 1.807) is 41.7 Å². The fourth-order valence-corrected chi connectivity index (χ4v) is 7.65. The third-order valence-corrected chi connectivity index (χ3v) is 9.02. The van der Waals surface area contributed by atoms with E-state index in [-0.39, 0.29) is 29.7 Å². The van der Waals surface area contributed by atoms with E-state index in [0.717, 1.165) is 23.2 Å². The molecule has 2 N–H and O–H groups in total. The van der Waals surface area contributed by atoms with E-state index in [9.17, 15) is 15.0 Å². The van der Waals surface area contributed by atoms with Crippen LogP contribution in [0.2, 0.25) is 0 Å². The van der Waals surface area contributed by atoms with E-state index in [1.807, 2.05) is 19.2 Å². The van der Waals surface area contributed by atoms with Gasteiger partial charge in [-0.2, -0.15) is 0 Å². The van der Waals surface area contributed by atoms with Gasteiger partial charge in [0.2, 0.25) is 5.91 Å². The largest absolute Gasteiger partial charge is 0.504 e. The van der Waals surface area contributed by atoms with Gasteiger partial charge >= 0.3 is 0 Å². The van der Waals surface area contributed by atoms with E-state index in [2.05, 4.69) is 18.4 Å². The van der Waals surface area contributed by atoms with Gasteiger partial charge in [0.05, 0.1) is 29.6 Å². The smallest absolute Gasteiger partial charge is 0.246 e. The van der Waals surface area contributed by atoms with Crippen LogP contribution in [0, 0.1) is 5.92 Å². The minimum atomic E-state index is -1.03. The van der Waals surface area contributed by atoms with Crippen LogP contribution in [0.25, 0.3) is 6.08 Å². The van der Waals surface area contributed by atoms with Crippen molar-refractivity contribution in [2.45, 2.75) is 55.4 Å². The monoisotopic (exact) mass is 476 g/mol. The molecule has 2 fully saturated rings. The molecule has 6 atom stereocenters. The molecule has 1 saturated heterocycles. The van der Waals surface area contributed by atoms with Gasteiger partial charge in [0.15, 0.2) is 11.5 Å². The number of hydrogen-bond acceptors (Lipinski definition) is 6. The third kappa shape index (κ3) is 2.88. The van der Waals surface area contributed by atoms with Gasteiger partial charge in [-0.3, -0.25) is 9.69 Å². The van der Waals surface area contributed by atoms with E-state index < -0.39 is 17.1 Å². The highest BCUT2D eigenvalue weighted by Gasteiger charge is 2.74. The number of likely N-dealkylation sites (N-methyl/N-ethyl adjacent to an activating group) is 1. The van der Waals surface area contributed by atoms with Crippen molar-refractivity contribution in [1.82, 2.24) is 9.80 Å². The number of nitrogens with zero attached hydrogens (tertiary/aromatic N) is 2. The number of piperidine rings is 1. The number of aromatic hydroxyl groups is 1. The van der Waals surface area contributed by atoms with Gasteiger partial charge in [-0.05, 0) is 55.5 Å². The number of benzene rings is 1. The maximum Gasteiger partial charge on any atom is 0.246 e. The number of hydrogen-bond donors (Lipinski definition) is 2. The average molecular weight is 477 g/mol. The Labute approximate surface area is 205 Å². The lowest BCUT2D eigenvalue weighted by molar-refractivity contribution is -0.210. The lowest BCUT2D eigenvalue weighted by Gasteiger charge is -2.65. The van der Waals surface area contributed by atoms with Crippen LogP contribution in [-0.4, -0.2) is 69.8 Å². The zero-order valence-corrected chi connectivity index (χ0v) is 20.2. The molecular weight excluding hydrogens is 444 g/mol. The van der Waals surface area contributed by atoms with Crippen molar-refractivity contribution in [2.75, 3.05) is 20.1 Å². The molecule has 1 saturated carbocycles. The molecule has 35 heavy (non-hydrogen) atoms. The number of carbonyl (C=O) groups is 1. The summed E-state index contributed by atoms with van der Waals surface area (Å²) in [5.74, 6) is 0.432. The quantitative estimate of drug-likeness (QED) is 0.510. The normalized spacial score (nSPS) is 34.9. The van der Waals surface area contributed by atoms with Crippen molar-refractivity contribution < 1.29 is 24.2 Å². The summed E-state index contributed by atoms with van der Waals surface area (Å²) in [6, 6.07) is 5.13. The van der Waals surface area contributed by atoms with Gasteiger partial charge in [0, 0.05) is 36.8 Å². The fourth-order valence-electron chi connectivity index (χ4n) is 7.65. The fraction of sp³-hybridized carbons (Fsp3) is 0.464. The molecule has 2 aromatic rings. The van der Waals surface area contributed by atoms with Crippen LogP contribution in [-0.2, 0) is 16.6 Å². The zero-order chi connectivity index (χ0) is 24.5. The van der Waals surface area contributed by atoms with E-state index in [4.69, 9.17) is 9.15 Å². The summed E-state index contributed by atoms with van der Waals surface area (Å²) < 4.78 is 11.7. The molecule has 2 aliphatic heterocycles. The van der Waals surface area contributed by atoms with Crippen molar-refractivity contribution in [2.24, 2.45) is 5.92 Å². The number of amides is 1. The number of phenols is 1. The second kappa shape index (κ2) is 7.73. The Bertz CT molecular complexity index is 1210. The molecule has 7 heteroatoms. The first-order valence-electron chi connectivity index (χ1n) is 12.4. The standard InChI is InChI=1S/C28H32N2O5/c1-4-11-30-12-10-27-23-19-6-7-20(31)25(23)35-26(27)24(17(2)15-28(27,33)21(30)14-19)29(3)22(32)8-5-18-9-13-34-16-18/h4-9,13,16-17,21,24,26,31,33H,1,10-12,14-15H2,2-3H3/b8-5+/t17?,21-,24?,26?,27+,28-/m1/s1. The van der Waals surface area contributed by atoms with Gasteiger partial charge in [-0.1, -0.05) is 19.1 Å². The number of ether oxygens (including phenoxy) is 1. The summed E-state index contributed by atoms with van der Waals surface area (Å²) in [6.07, 6.45) is 9.84. The van der Waals surface area contributed by atoms with Crippen LogP contribution in [0.5, 0.6) is 11.5 Å². The predicted octanol–water partition coefficient (Wildman–Crippen LogP) is 3.11. The Morgan fingerprint density at radius 3 is 2.94 bits per heavy atom. The molecule has 3 heterocycles. The third-order valence-electron chi connectivity index (χ3n) is 9.02. The number of carbonyl (C=O) groups excluding carboxylic acids is 1. The molecule has 1 amide bonds. The highest BCUT2D eigenvalue weighted by molar-refractivity contribution is 5.92. The molecule has 184 valence electrons. The van der Waals surface area contributed by atoms with E-state index >= 15 is 0 Å². The van der Waals surface area contributed by atoms with Gasteiger partial charge in [-0.15, -0.1) is 6.58 Å². The molecular formula is C28H32N2O5. The predicted molar refractivity (Wildman–Crippen MR) is 131 cm³/mol. The lowest BCUT2D eigenvalue weighted by atomic mass is 9.46. The molecule has 3 unspecified atom stereocenters. The van der Waals surface area contributed by atoms with E-state index in [1.165, 1.54) is 0 Å². The van der Waals surface area contributed by atoms with Crippen LogP contribution >= 0.6 is 0 Å². The summed E-state index contributed by atoms with van der Waals surface area (Å²) in [6.45, 7) is 7.54. The second-order valence-electron chi connectivity index (χ2n) is 10.6. The molecule has 1 aromatic carbocycles. The Morgan fingerprint density at radius 2 is 2.20 bits per heavy atom. The number of rotatable bonds is 5. The second-order valence-corrected chi connectivity index (χ2v) is 10.6. The van der Waals surface area contributed by atoms with Crippen LogP contribution in [0.1, 0.15) is 36.5 Å². The number of aliphatic hydroxyl groups is 1. The minimum Gasteiger partial charge on any atom is -0.504 e. The number of likely N-dealkylation sites (tertiary alicyclic amines) is 1. The van der Waals surface area contributed by atoms with Crippen molar-refractivity contribution in [3.05, 3.63) is 66.1 Å². The van der Waals surface area contributed by atoms with Crippen molar-refractivity contribution >= 4 is 12.0 Å². The first kappa shape index (κ1) is 22.4. The first-order chi connectivity index (χ1) is 16.8. The summed E-state index contributed by atoms with van der Waals surface area (Å²) in [5, 5.41) is 23.4. The van der Waals surface area contributed by atoms with Crippen LogP contribution in [0.15, 0.2) is 53.9 Å². The van der Waals surface area contributed by atoms with Gasteiger partial charge < -0.3 is 24.3 Å². The molecule has 1 spiro atoms. The topological polar surface area (TPSA) is 86.4 Å². The van der Waals surface area contributed by atoms with Gasteiger partial charge in [0.25, 0.3) is 0 Å². The summed E-state index contributed by atoms with van der Waals surface area (Å²) in [7, 11) is 1.81. The molecule has 2 bridgehead atoms. The van der Waals surface area contributed by atoms with Crippen molar-refractivity contribution in [3.63, 3.8) is 0 Å². The zero-order valence-electron chi connectivity index (χ0n) is 20.2. The van der Waals surface area contributed by atoms with Gasteiger partial charge in [-0.25, -0.2) is 0 Å². The molecule has 0 radical (unpaired) electrons. The number of furan rings is 1. The van der Waals surface area contributed by atoms with Crippen LogP contribution in [0.3, 0.4) is 0 Å². The molecule has 7 nitrogen and oxygen atoms in total. The molecule has 1 aromatic heterocycles. The first-order valence-corrected chi connectivity index (χ1v) is 12.4. The van der Waals surface area contributed by atoms with Crippen LogP contribution in [0.4, 0.5) is 0 Å². The minimum absolute atomic E-state index is 0.0152. The molecule has 2 aliphatic carbocycles. The maximum atomic E-state index is 13.3. The highest BCUT2D eigenvalue weighted by Crippen LogP contribution is 2.66. The summed E-state index contributed by atoms with van der Waals surface area (Å²) >= 11 is 0. The Kier molecular flexibility index (Phi) is 4.96. The highest BCUT2D eigenvalue weighted by atomic mass is 16.5. The van der Waals surface area contributed by atoms with Crippen molar-refractivity contribution in [3.8, 4) is 11.5 Å². The Balaban J connectivity index is 1.44. The summed E-state index contributed by atoms with van der Waals surface area (Å²) in [4.78, 5) is 17.4. The number of phenolic OH excluding ortho intramolecular Hbond substituents is 1. The lowest BCUT2D eigenvalue weighted by Crippen LogP contribution is -2.79. The van der Waals surface area contributed by atoms with Gasteiger partial charge in [0.1, 0.15) is 6.10 Å². The average Bonchev–Trinajstić information content (AvgIpc) is 3.46. The molecule has 4 aliphatic rings. The van der Waals surface area contributed by atoms with Crippen molar-refractivity contribution in [1.29, 1.82) is 0 Å². The Hall–Kier alpha value is -3.03. The molecule has 6 rings (SSSR count). The SMILES string of the molecule is C=CCN1CC[C@]23c4c5ccc(O)c4OC2C(N(C)C(=O)/C=C/c2ccoc2)C(C)C[C@@]3(O)[C@H]1C5. The summed E-state index contributed by atoms with van der Waals surface area (Å²) in [5.41, 5.74) is 1.17. The van der Waals surface area contributed by atoms with E-state index in [0.29, 0.717) is 31.6 Å². The maximum absolute atomic E-state index is 13.3. The van der Waals surface area contributed by atoms with Crippen LogP contribution < -0.4 is 4.74 Å².